The number of aromatic nitrogens is 1. The molecule has 1 amide bonds. The summed E-state index contributed by atoms with van der Waals surface area (Å²) in [5, 5.41) is 2.81. The molecule has 0 saturated carbocycles. The number of methoxy groups -OCH3 is 1. The zero-order valence-electron chi connectivity index (χ0n) is 9.68. The van der Waals surface area contributed by atoms with Gasteiger partial charge in [-0.15, -0.1) is 0 Å². The molecule has 4 nitrogen and oxygen atoms in total. The summed E-state index contributed by atoms with van der Waals surface area (Å²) >= 11 is 3.37. The minimum Gasteiger partial charge on any atom is -0.494 e. The van der Waals surface area contributed by atoms with E-state index in [2.05, 4.69) is 26.2 Å². The van der Waals surface area contributed by atoms with Gasteiger partial charge in [0.05, 0.1) is 24.6 Å². The van der Waals surface area contributed by atoms with Crippen LogP contribution in [-0.2, 0) is 0 Å². The van der Waals surface area contributed by atoms with Crippen molar-refractivity contribution in [2.75, 3.05) is 12.4 Å². The number of hydrogen-bond donors (Lipinski definition) is 1. The number of carbonyl (C=O) groups is 1. The van der Waals surface area contributed by atoms with Gasteiger partial charge < -0.3 is 10.1 Å². The number of benzene rings is 1. The Kier molecular flexibility index (Phi) is 3.94. The standard InChI is InChI=1S/C13H11BrN2O2/c1-18-12-8-15-7-6-9(12)13(17)16-11-5-3-2-4-10(11)14/h2-8H,1H3,(H,16,17). The van der Waals surface area contributed by atoms with Gasteiger partial charge in [-0.25, -0.2) is 0 Å². The maximum absolute atomic E-state index is 12.1. The number of halogens is 1. The number of amides is 1. The third kappa shape index (κ3) is 2.68. The van der Waals surface area contributed by atoms with Crippen LogP contribution >= 0.6 is 15.9 Å². The number of hydrogen-bond acceptors (Lipinski definition) is 3. The summed E-state index contributed by atoms with van der Waals surface area (Å²) in [5.41, 5.74) is 1.16. The maximum Gasteiger partial charge on any atom is 0.259 e. The van der Waals surface area contributed by atoms with Crippen LogP contribution in [-0.4, -0.2) is 18.0 Å². The fraction of sp³-hybridized carbons (Fsp3) is 0.0769. The van der Waals surface area contributed by atoms with Crippen molar-refractivity contribution in [3.63, 3.8) is 0 Å². The van der Waals surface area contributed by atoms with E-state index in [0.29, 0.717) is 17.0 Å². The second kappa shape index (κ2) is 5.64. The third-order valence-electron chi connectivity index (χ3n) is 2.37. The maximum atomic E-state index is 12.1. The molecule has 92 valence electrons. The summed E-state index contributed by atoms with van der Waals surface area (Å²) in [4.78, 5) is 16.0. The van der Waals surface area contributed by atoms with E-state index in [1.807, 2.05) is 24.3 Å². The largest absolute Gasteiger partial charge is 0.494 e. The lowest BCUT2D eigenvalue weighted by molar-refractivity contribution is 0.102. The summed E-state index contributed by atoms with van der Waals surface area (Å²) in [6.07, 6.45) is 3.06. The minimum absolute atomic E-state index is 0.235. The van der Waals surface area contributed by atoms with Gasteiger partial charge in [0.2, 0.25) is 0 Å². The highest BCUT2D eigenvalue weighted by Crippen LogP contribution is 2.23. The van der Waals surface area contributed by atoms with Crippen LogP contribution in [0.15, 0.2) is 47.2 Å². The van der Waals surface area contributed by atoms with Crippen molar-refractivity contribution in [3.05, 3.63) is 52.8 Å². The number of anilines is 1. The lowest BCUT2D eigenvalue weighted by Crippen LogP contribution is -2.13. The molecule has 1 aromatic heterocycles. The van der Waals surface area contributed by atoms with Crippen molar-refractivity contribution in [2.45, 2.75) is 0 Å². The van der Waals surface area contributed by atoms with E-state index in [1.165, 1.54) is 13.3 Å². The Hall–Kier alpha value is -1.88. The van der Waals surface area contributed by atoms with Crippen LogP contribution in [0.1, 0.15) is 10.4 Å². The predicted octanol–water partition coefficient (Wildman–Crippen LogP) is 3.11. The van der Waals surface area contributed by atoms with Crippen LogP contribution in [0, 0.1) is 0 Å². The van der Waals surface area contributed by atoms with Crippen molar-refractivity contribution in [3.8, 4) is 5.75 Å². The van der Waals surface area contributed by atoms with Crippen LogP contribution in [0.4, 0.5) is 5.69 Å². The first-order valence-corrected chi connectivity index (χ1v) is 6.05. The van der Waals surface area contributed by atoms with Crippen molar-refractivity contribution in [1.82, 2.24) is 4.98 Å². The molecule has 2 aromatic rings. The van der Waals surface area contributed by atoms with Crippen molar-refractivity contribution < 1.29 is 9.53 Å². The molecular formula is C13H11BrN2O2. The van der Waals surface area contributed by atoms with Crippen molar-refractivity contribution >= 4 is 27.5 Å². The van der Waals surface area contributed by atoms with E-state index < -0.39 is 0 Å². The first kappa shape index (κ1) is 12.6. The first-order valence-electron chi connectivity index (χ1n) is 5.26. The minimum atomic E-state index is -0.235. The van der Waals surface area contributed by atoms with Gasteiger partial charge in [0.15, 0.2) is 0 Å². The average Bonchev–Trinajstić information content (AvgIpc) is 2.41. The Morgan fingerprint density at radius 3 is 2.83 bits per heavy atom. The van der Waals surface area contributed by atoms with Gasteiger partial charge >= 0.3 is 0 Å². The Morgan fingerprint density at radius 1 is 1.33 bits per heavy atom. The molecule has 0 aliphatic carbocycles. The van der Waals surface area contributed by atoms with Crippen LogP contribution in [0.25, 0.3) is 0 Å². The van der Waals surface area contributed by atoms with E-state index >= 15 is 0 Å². The van der Waals surface area contributed by atoms with Gasteiger partial charge in [-0.1, -0.05) is 12.1 Å². The van der Waals surface area contributed by atoms with Gasteiger partial charge in [-0.3, -0.25) is 9.78 Å². The molecule has 0 aliphatic rings. The van der Waals surface area contributed by atoms with Crippen LogP contribution in [0.3, 0.4) is 0 Å². The van der Waals surface area contributed by atoms with Gasteiger partial charge in [0.1, 0.15) is 5.75 Å². The van der Waals surface area contributed by atoms with E-state index in [-0.39, 0.29) is 5.91 Å². The molecule has 18 heavy (non-hydrogen) atoms. The monoisotopic (exact) mass is 306 g/mol. The molecule has 0 atom stereocenters. The molecule has 0 fully saturated rings. The second-order valence-corrected chi connectivity index (χ2v) is 4.36. The van der Waals surface area contributed by atoms with Crippen molar-refractivity contribution in [1.29, 1.82) is 0 Å². The van der Waals surface area contributed by atoms with E-state index in [4.69, 9.17) is 4.74 Å². The lowest BCUT2D eigenvalue weighted by atomic mass is 10.2. The topological polar surface area (TPSA) is 51.2 Å². The Labute approximate surface area is 113 Å². The molecule has 0 bridgehead atoms. The number of rotatable bonds is 3. The van der Waals surface area contributed by atoms with Gasteiger partial charge in [0.25, 0.3) is 5.91 Å². The molecule has 0 aliphatic heterocycles. The Balaban J connectivity index is 2.25. The van der Waals surface area contributed by atoms with Gasteiger partial charge in [-0.05, 0) is 34.1 Å². The fourth-order valence-electron chi connectivity index (χ4n) is 1.48. The van der Waals surface area contributed by atoms with Crippen molar-refractivity contribution in [2.24, 2.45) is 0 Å². The lowest BCUT2D eigenvalue weighted by Gasteiger charge is -2.09. The number of ether oxygens (including phenoxy) is 1. The zero-order valence-corrected chi connectivity index (χ0v) is 11.3. The SMILES string of the molecule is COc1cnccc1C(=O)Nc1ccccc1Br. The molecule has 0 radical (unpaired) electrons. The summed E-state index contributed by atoms with van der Waals surface area (Å²) in [6, 6.07) is 9.02. The quantitative estimate of drug-likeness (QED) is 0.948. The summed E-state index contributed by atoms with van der Waals surface area (Å²) in [5.74, 6) is 0.211. The number of carbonyl (C=O) groups excluding carboxylic acids is 1. The van der Waals surface area contributed by atoms with Crippen LogP contribution in [0.2, 0.25) is 0 Å². The van der Waals surface area contributed by atoms with Gasteiger partial charge in [-0.2, -0.15) is 0 Å². The summed E-state index contributed by atoms with van der Waals surface area (Å²) in [7, 11) is 1.51. The highest BCUT2D eigenvalue weighted by Gasteiger charge is 2.12. The Morgan fingerprint density at radius 2 is 2.11 bits per heavy atom. The number of nitrogens with one attached hydrogen (secondary N) is 1. The molecule has 0 saturated heterocycles. The molecule has 0 unspecified atom stereocenters. The average molecular weight is 307 g/mol. The second-order valence-electron chi connectivity index (χ2n) is 3.51. The van der Waals surface area contributed by atoms with E-state index in [0.717, 1.165) is 4.47 Å². The molecule has 1 aromatic carbocycles. The zero-order chi connectivity index (χ0) is 13.0. The van der Waals surface area contributed by atoms with Crippen LogP contribution < -0.4 is 10.1 Å². The highest BCUT2D eigenvalue weighted by atomic mass is 79.9. The number of pyridine rings is 1. The first-order chi connectivity index (χ1) is 8.72. The molecule has 5 heteroatoms. The normalized spacial score (nSPS) is 9.89. The fourth-order valence-corrected chi connectivity index (χ4v) is 1.87. The smallest absolute Gasteiger partial charge is 0.259 e. The molecular weight excluding hydrogens is 296 g/mol. The third-order valence-corrected chi connectivity index (χ3v) is 3.06. The Bertz CT molecular complexity index is 572. The highest BCUT2D eigenvalue weighted by molar-refractivity contribution is 9.10. The predicted molar refractivity (Wildman–Crippen MR) is 72.9 cm³/mol. The summed E-state index contributed by atoms with van der Waals surface area (Å²) in [6.45, 7) is 0. The number of para-hydroxylation sites is 1. The van der Waals surface area contributed by atoms with E-state index in [1.54, 1.807) is 12.3 Å². The molecule has 1 heterocycles. The van der Waals surface area contributed by atoms with Gasteiger partial charge in [0, 0.05) is 10.7 Å². The summed E-state index contributed by atoms with van der Waals surface area (Å²) < 4.78 is 5.92. The van der Waals surface area contributed by atoms with Crippen LogP contribution in [0.5, 0.6) is 5.75 Å². The molecule has 1 N–H and O–H groups in total. The van der Waals surface area contributed by atoms with E-state index in [9.17, 15) is 4.79 Å². The number of nitrogens with zero attached hydrogens (tertiary/aromatic N) is 1. The molecule has 2 rings (SSSR count). The molecule has 0 spiro atoms.